The zero-order valence-corrected chi connectivity index (χ0v) is 13.2. The first-order chi connectivity index (χ1) is 8.95. The summed E-state index contributed by atoms with van der Waals surface area (Å²) in [4.78, 5) is 5.03. The molecule has 0 spiro atoms. The Morgan fingerprint density at radius 2 is 1.84 bits per heavy atom. The number of hydrogen-bond acceptors (Lipinski definition) is 3. The molecule has 0 aromatic heterocycles. The predicted molar refractivity (Wildman–Crippen MR) is 80.3 cm³/mol. The van der Waals surface area contributed by atoms with Crippen LogP contribution in [0.15, 0.2) is 0 Å². The van der Waals surface area contributed by atoms with Crippen LogP contribution in [0.2, 0.25) is 0 Å². The molecule has 1 heterocycles. The molecule has 112 valence electrons. The van der Waals surface area contributed by atoms with Crippen LogP contribution in [0.4, 0.5) is 0 Å². The molecule has 1 saturated carbocycles. The highest BCUT2D eigenvalue weighted by atomic mass is 16.3. The van der Waals surface area contributed by atoms with Gasteiger partial charge in [0.25, 0.3) is 0 Å². The number of likely N-dealkylation sites (tertiary alicyclic amines) is 1. The topological polar surface area (TPSA) is 26.7 Å². The van der Waals surface area contributed by atoms with Gasteiger partial charge in [0.05, 0.1) is 6.10 Å². The summed E-state index contributed by atoms with van der Waals surface area (Å²) in [6.07, 6.45) is 5.92. The van der Waals surface area contributed by atoms with Crippen molar-refractivity contribution in [2.75, 3.05) is 26.7 Å². The third-order valence-electron chi connectivity index (χ3n) is 5.59. The van der Waals surface area contributed by atoms with E-state index >= 15 is 0 Å². The van der Waals surface area contributed by atoms with E-state index in [0.29, 0.717) is 12.1 Å². The second-order valence-corrected chi connectivity index (χ2v) is 7.22. The summed E-state index contributed by atoms with van der Waals surface area (Å²) in [5, 5.41) is 10.6. The third-order valence-corrected chi connectivity index (χ3v) is 5.59. The fourth-order valence-corrected chi connectivity index (χ4v) is 3.93. The first-order valence-corrected chi connectivity index (χ1v) is 8.08. The molecule has 0 aromatic rings. The average molecular weight is 268 g/mol. The van der Waals surface area contributed by atoms with Crippen molar-refractivity contribution >= 4 is 0 Å². The summed E-state index contributed by atoms with van der Waals surface area (Å²) in [5.41, 5.74) is 0.0846. The normalized spacial score (nSPS) is 33.8. The van der Waals surface area contributed by atoms with Crippen molar-refractivity contribution in [2.45, 2.75) is 71.1 Å². The lowest BCUT2D eigenvalue weighted by Crippen LogP contribution is -2.55. The molecule has 2 aliphatic rings. The van der Waals surface area contributed by atoms with Gasteiger partial charge >= 0.3 is 0 Å². The monoisotopic (exact) mass is 268 g/mol. The maximum Gasteiger partial charge on any atom is 0.0746 e. The SMILES string of the molecule is CCN1CCC(N(C)C2CCCC(C)(C)C2O)CC1. The highest BCUT2D eigenvalue weighted by Gasteiger charge is 2.41. The Hall–Kier alpha value is -0.120. The minimum absolute atomic E-state index is 0.0846. The molecule has 2 unspecified atom stereocenters. The van der Waals surface area contributed by atoms with E-state index in [-0.39, 0.29) is 11.5 Å². The van der Waals surface area contributed by atoms with Crippen molar-refractivity contribution in [1.82, 2.24) is 9.80 Å². The van der Waals surface area contributed by atoms with Gasteiger partial charge in [0, 0.05) is 12.1 Å². The maximum atomic E-state index is 10.6. The summed E-state index contributed by atoms with van der Waals surface area (Å²) >= 11 is 0. The second-order valence-electron chi connectivity index (χ2n) is 7.22. The highest BCUT2D eigenvalue weighted by Crippen LogP contribution is 2.38. The van der Waals surface area contributed by atoms with Crippen LogP contribution in [0, 0.1) is 5.41 Å². The van der Waals surface area contributed by atoms with Gasteiger partial charge in [-0.3, -0.25) is 4.90 Å². The Morgan fingerprint density at radius 3 is 2.42 bits per heavy atom. The molecule has 1 aliphatic heterocycles. The molecule has 0 amide bonds. The second kappa shape index (κ2) is 6.11. The zero-order chi connectivity index (χ0) is 14.0. The van der Waals surface area contributed by atoms with Crippen molar-refractivity contribution in [3.63, 3.8) is 0 Å². The summed E-state index contributed by atoms with van der Waals surface area (Å²) in [6.45, 7) is 10.3. The number of aliphatic hydroxyl groups is 1. The van der Waals surface area contributed by atoms with Gasteiger partial charge in [-0.2, -0.15) is 0 Å². The molecule has 0 bridgehead atoms. The van der Waals surface area contributed by atoms with Crippen LogP contribution in [-0.2, 0) is 0 Å². The number of piperidine rings is 1. The van der Waals surface area contributed by atoms with Crippen LogP contribution < -0.4 is 0 Å². The predicted octanol–water partition coefficient (Wildman–Crippen LogP) is 2.34. The van der Waals surface area contributed by atoms with Crippen LogP contribution in [-0.4, -0.2) is 59.8 Å². The first-order valence-electron chi connectivity index (χ1n) is 8.08. The number of aliphatic hydroxyl groups excluding tert-OH is 1. The van der Waals surface area contributed by atoms with Crippen molar-refractivity contribution < 1.29 is 5.11 Å². The molecule has 19 heavy (non-hydrogen) atoms. The Bertz CT molecular complexity index is 284. The molecule has 1 saturated heterocycles. The van der Waals surface area contributed by atoms with Crippen LogP contribution >= 0.6 is 0 Å². The van der Waals surface area contributed by atoms with E-state index in [1.54, 1.807) is 0 Å². The van der Waals surface area contributed by atoms with Gasteiger partial charge in [0.2, 0.25) is 0 Å². The summed E-state index contributed by atoms with van der Waals surface area (Å²) in [5.74, 6) is 0. The summed E-state index contributed by atoms with van der Waals surface area (Å²) in [7, 11) is 2.24. The standard InChI is InChI=1S/C16H32N2O/c1-5-18-11-8-13(9-12-18)17(4)14-7-6-10-16(2,3)15(14)19/h13-15,19H,5-12H2,1-4H3. The molecule has 1 aliphatic carbocycles. The Kier molecular flexibility index (Phi) is 4.91. The van der Waals surface area contributed by atoms with E-state index < -0.39 is 0 Å². The number of likely N-dealkylation sites (N-methyl/N-ethyl adjacent to an activating group) is 1. The minimum Gasteiger partial charge on any atom is -0.391 e. The quantitative estimate of drug-likeness (QED) is 0.851. The summed E-state index contributed by atoms with van der Waals surface area (Å²) < 4.78 is 0. The Balaban J connectivity index is 1.94. The molecule has 0 radical (unpaired) electrons. The van der Waals surface area contributed by atoms with Gasteiger partial charge in [-0.05, 0) is 57.8 Å². The van der Waals surface area contributed by atoms with Crippen LogP contribution in [0.1, 0.15) is 52.9 Å². The first kappa shape index (κ1) is 15.3. The number of rotatable bonds is 3. The largest absolute Gasteiger partial charge is 0.391 e. The molecule has 2 atom stereocenters. The third kappa shape index (κ3) is 3.32. The molecule has 3 nitrogen and oxygen atoms in total. The lowest BCUT2D eigenvalue weighted by atomic mass is 9.72. The van der Waals surface area contributed by atoms with Gasteiger partial charge < -0.3 is 10.0 Å². The van der Waals surface area contributed by atoms with E-state index in [0.717, 1.165) is 12.8 Å². The number of hydrogen-bond donors (Lipinski definition) is 1. The van der Waals surface area contributed by atoms with Crippen molar-refractivity contribution in [3.05, 3.63) is 0 Å². The zero-order valence-electron chi connectivity index (χ0n) is 13.2. The fraction of sp³-hybridized carbons (Fsp3) is 1.00. The van der Waals surface area contributed by atoms with Gasteiger partial charge in [-0.15, -0.1) is 0 Å². The Morgan fingerprint density at radius 1 is 1.21 bits per heavy atom. The van der Waals surface area contributed by atoms with Gasteiger partial charge in [0.15, 0.2) is 0 Å². The minimum atomic E-state index is -0.171. The Labute approximate surface area is 119 Å². The molecule has 2 rings (SSSR count). The molecule has 0 aromatic carbocycles. The highest BCUT2D eigenvalue weighted by molar-refractivity contribution is 4.95. The lowest BCUT2D eigenvalue weighted by Gasteiger charge is -2.48. The van der Waals surface area contributed by atoms with E-state index in [9.17, 15) is 5.11 Å². The number of nitrogens with zero attached hydrogens (tertiary/aromatic N) is 2. The van der Waals surface area contributed by atoms with E-state index in [4.69, 9.17) is 0 Å². The van der Waals surface area contributed by atoms with E-state index in [2.05, 4.69) is 37.6 Å². The van der Waals surface area contributed by atoms with E-state index in [1.165, 1.54) is 38.9 Å². The van der Waals surface area contributed by atoms with Crippen LogP contribution in [0.25, 0.3) is 0 Å². The van der Waals surface area contributed by atoms with Gasteiger partial charge in [-0.1, -0.05) is 27.2 Å². The van der Waals surface area contributed by atoms with Crippen molar-refractivity contribution in [2.24, 2.45) is 5.41 Å². The van der Waals surface area contributed by atoms with Crippen molar-refractivity contribution in [1.29, 1.82) is 0 Å². The van der Waals surface area contributed by atoms with Gasteiger partial charge in [0.1, 0.15) is 0 Å². The van der Waals surface area contributed by atoms with E-state index in [1.807, 2.05) is 0 Å². The maximum absolute atomic E-state index is 10.6. The molecule has 1 N–H and O–H groups in total. The smallest absolute Gasteiger partial charge is 0.0746 e. The molecular formula is C16H32N2O. The summed E-state index contributed by atoms with van der Waals surface area (Å²) in [6, 6.07) is 1.03. The van der Waals surface area contributed by atoms with Crippen LogP contribution in [0.5, 0.6) is 0 Å². The molecule has 3 heteroatoms. The lowest BCUT2D eigenvalue weighted by molar-refractivity contribution is -0.0668. The van der Waals surface area contributed by atoms with Crippen LogP contribution in [0.3, 0.4) is 0 Å². The molecular weight excluding hydrogens is 236 g/mol. The van der Waals surface area contributed by atoms with Gasteiger partial charge in [-0.25, -0.2) is 0 Å². The fourth-order valence-electron chi connectivity index (χ4n) is 3.93. The average Bonchev–Trinajstić information content (AvgIpc) is 2.41. The van der Waals surface area contributed by atoms with Crippen molar-refractivity contribution in [3.8, 4) is 0 Å². The molecule has 2 fully saturated rings.